The van der Waals surface area contributed by atoms with Crippen molar-refractivity contribution in [3.8, 4) is 0 Å². The topological polar surface area (TPSA) is 66.8 Å². The number of nitrogens with zero attached hydrogens (tertiary/aromatic N) is 1. The Hall–Kier alpha value is -1.88. The molecule has 5 nitrogen and oxygen atoms in total. The molecular formula is C15H19NO4. The predicted molar refractivity (Wildman–Crippen MR) is 74.5 cm³/mol. The van der Waals surface area contributed by atoms with Gasteiger partial charge in [0.1, 0.15) is 12.6 Å². The summed E-state index contributed by atoms with van der Waals surface area (Å²) in [7, 11) is 0. The maximum atomic E-state index is 12.6. The summed E-state index contributed by atoms with van der Waals surface area (Å²) in [5.74, 6) is -1.23. The summed E-state index contributed by atoms with van der Waals surface area (Å²) in [6.07, 6.45) is 0.275. The zero-order chi connectivity index (χ0) is 14.7. The lowest BCUT2D eigenvalue weighted by Crippen LogP contribution is -2.44. The Morgan fingerprint density at radius 3 is 2.45 bits per heavy atom. The summed E-state index contributed by atoms with van der Waals surface area (Å²) < 4.78 is 5.64. The Balaban J connectivity index is 2.23. The van der Waals surface area contributed by atoms with Gasteiger partial charge in [-0.2, -0.15) is 0 Å². The number of carboxylic acids is 1. The number of rotatable bonds is 4. The monoisotopic (exact) mass is 277 g/mol. The van der Waals surface area contributed by atoms with Crippen molar-refractivity contribution >= 4 is 17.6 Å². The molecule has 108 valence electrons. The van der Waals surface area contributed by atoms with Crippen LogP contribution in [0.3, 0.4) is 0 Å². The van der Waals surface area contributed by atoms with E-state index < -0.39 is 12.1 Å². The summed E-state index contributed by atoms with van der Waals surface area (Å²) in [6, 6.07) is 8.83. The van der Waals surface area contributed by atoms with E-state index in [-0.39, 0.29) is 24.5 Å². The Bertz CT molecular complexity index is 488. The summed E-state index contributed by atoms with van der Waals surface area (Å²) in [5.41, 5.74) is 0.579. The molecule has 1 amide bonds. The van der Waals surface area contributed by atoms with Crippen LogP contribution in [-0.2, 0) is 14.3 Å². The molecule has 3 atom stereocenters. The number of amides is 1. The standard InChI is InChI=1S/C15H19NO4/c1-10-8-11(2)20-14(10)15(19)16(9-13(17)18)12-6-4-3-5-7-12/h3-7,10-11,14H,8-9H2,1-2H3,(H,17,18). The molecule has 1 aromatic carbocycles. The van der Waals surface area contributed by atoms with Gasteiger partial charge in [0.05, 0.1) is 6.10 Å². The lowest BCUT2D eigenvalue weighted by molar-refractivity contribution is -0.138. The van der Waals surface area contributed by atoms with E-state index >= 15 is 0 Å². The van der Waals surface area contributed by atoms with Crippen molar-refractivity contribution in [2.24, 2.45) is 5.92 Å². The highest BCUT2D eigenvalue weighted by molar-refractivity contribution is 6.00. The summed E-state index contributed by atoms with van der Waals surface area (Å²) in [4.78, 5) is 24.9. The van der Waals surface area contributed by atoms with Crippen molar-refractivity contribution < 1.29 is 19.4 Å². The first-order valence-electron chi connectivity index (χ1n) is 6.72. The van der Waals surface area contributed by atoms with Crippen LogP contribution in [-0.4, -0.2) is 35.7 Å². The molecule has 1 saturated heterocycles. The van der Waals surface area contributed by atoms with Gasteiger partial charge in [0.2, 0.25) is 0 Å². The second-order valence-electron chi connectivity index (χ2n) is 5.23. The number of hydrogen-bond donors (Lipinski definition) is 1. The molecule has 3 unspecified atom stereocenters. The molecule has 0 bridgehead atoms. The van der Waals surface area contributed by atoms with Crippen LogP contribution < -0.4 is 4.90 Å². The molecule has 1 aliphatic rings. The van der Waals surface area contributed by atoms with Gasteiger partial charge >= 0.3 is 5.97 Å². The first kappa shape index (κ1) is 14.5. The largest absolute Gasteiger partial charge is 0.480 e. The van der Waals surface area contributed by atoms with Crippen molar-refractivity contribution in [3.63, 3.8) is 0 Å². The van der Waals surface area contributed by atoms with E-state index in [0.29, 0.717) is 5.69 Å². The highest BCUT2D eigenvalue weighted by Crippen LogP contribution is 2.28. The highest BCUT2D eigenvalue weighted by atomic mass is 16.5. The molecule has 1 aromatic rings. The van der Waals surface area contributed by atoms with Crippen LogP contribution in [0.15, 0.2) is 30.3 Å². The number of para-hydroxylation sites is 1. The Morgan fingerprint density at radius 1 is 1.30 bits per heavy atom. The fourth-order valence-electron chi connectivity index (χ4n) is 2.58. The van der Waals surface area contributed by atoms with Gasteiger partial charge in [-0.3, -0.25) is 14.5 Å². The van der Waals surface area contributed by atoms with Crippen LogP contribution in [0.1, 0.15) is 20.3 Å². The van der Waals surface area contributed by atoms with Crippen molar-refractivity contribution in [2.75, 3.05) is 11.4 Å². The normalized spacial score (nSPS) is 25.4. The van der Waals surface area contributed by atoms with E-state index in [1.165, 1.54) is 4.90 Å². The summed E-state index contributed by atoms with van der Waals surface area (Å²) in [6.45, 7) is 3.52. The minimum absolute atomic E-state index is 0.0291. The molecule has 0 aromatic heterocycles. The van der Waals surface area contributed by atoms with Crippen LogP contribution in [0, 0.1) is 5.92 Å². The first-order valence-corrected chi connectivity index (χ1v) is 6.72. The number of aliphatic carboxylic acids is 1. The van der Waals surface area contributed by atoms with Gasteiger partial charge in [-0.15, -0.1) is 0 Å². The van der Waals surface area contributed by atoms with Crippen molar-refractivity contribution in [1.82, 2.24) is 0 Å². The SMILES string of the molecule is CC1CC(C)C(C(=O)N(CC(=O)O)c2ccccc2)O1. The minimum Gasteiger partial charge on any atom is -0.480 e. The van der Waals surface area contributed by atoms with E-state index in [1.807, 2.05) is 19.9 Å². The van der Waals surface area contributed by atoms with Gasteiger partial charge in [-0.05, 0) is 31.4 Å². The second-order valence-corrected chi connectivity index (χ2v) is 5.23. The molecular weight excluding hydrogens is 258 g/mol. The van der Waals surface area contributed by atoms with Crippen LogP contribution in [0.25, 0.3) is 0 Å². The van der Waals surface area contributed by atoms with Gasteiger partial charge in [-0.1, -0.05) is 25.1 Å². The number of hydrogen-bond acceptors (Lipinski definition) is 3. The zero-order valence-corrected chi connectivity index (χ0v) is 11.7. The fourth-order valence-corrected chi connectivity index (χ4v) is 2.58. The average molecular weight is 277 g/mol. The number of benzene rings is 1. The number of carbonyl (C=O) groups excluding carboxylic acids is 1. The number of carbonyl (C=O) groups is 2. The molecule has 0 radical (unpaired) electrons. The van der Waals surface area contributed by atoms with E-state index in [4.69, 9.17) is 9.84 Å². The molecule has 0 saturated carbocycles. The Labute approximate surface area is 118 Å². The molecule has 2 rings (SSSR count). The summed E-state index contributed by atoms with van der Waals surface area (Å²) in [5, 5.41) is 9.02. The summed E-state index contributed by atoms with van der Waals surface area (Å²) >= 11 is 0. The number of anilines is 1. The van der Waals surface area contributed by atoms with Crippen LogP contribution in [0.4, 0.5) is 5.69 Å². The zero-order valence-electron chi connectivity index (χ0n) is 11.7. The first-order chi connectivity index (χ1) is 9.49. The van der Waals surface area contributed by atoms with Gasteiger partial charge < -0.3 is 9.84 Å². The van der Waals surface area contributed by atoms with Gasteiger partial charge in [-0.25, -0.2) is 0 Å². The van der Waals surface area contributed by atoms with E-state index in [0.717, 1.165) is 6.42 Å². The smallest absolute Gasteiger partial charge is 0.323 e. The van der Waals surface area contributed by atoms with E-state index in [2.05, 4.69) is 0 Å². The third-order valence-electron chi connectivity index (χ3n) is 3.47. The molecule has 20 heavy (non-hydrogen) atoms. The Morgan fingerprint density at radius 2 is 1.95 bits per heavy atom. The quantitative estimate of drug-likeness (QED) is 0.913. The lowest BCUT2D eigenvalue weighted by atomic mass is 10.0. The molecule has 1 N–H and O–H groups in total. The van der Waals surface area contributed by atoms with Crippen molar-refractivity contribution in [2.45, 2.75) is 32.5 Å². The molecule has 5 heteroatoms. The molecule has 1 heterocycles. The van der Waals surface area contributed by atoms with Gasteiger partial charge in [0, 0.05) is 5.69 Å². The Kier molecular flexibility index (Phi) is 4.39. The third kappa shape index (κ3) is 3.17. The van der Waals surface area contributed by atoms with Crippen molar-refractivity contribution in [1.29, 1.82) is 0 Å². The number of ether oxygens (including phenoxy) is 1. The van der Waals surface area contributed by atoms with E-state index in [1.54, 1.807) is 24.3 Å². The third-order valence-corrected chi connectivity index (χ3v) is 3.47. The van der Waals surface area contributed by atoms with Crippen LogP contribution in [0.5, 0.6) is 0 Å². The van der Waals surface area contributed by atoms with Crippen molar-refractivity contribution in [3.05, 3.63) is 30.3 Å². The molecule has 0 aliphatic carbocycles. The number of carboxylic acid groups (broad SMARTS) is 1. The minimum atomic E-state index is -1.04. The van der Waals surface area contributed by atoms with Crippen LogP contribution >= 0.6 is 0 Å². The molecule has 1 aliphatic heterocycles. The molecule has 1 fully saturated rings. The van der Waals surface area contributed by atoms with Crippen LogP contribution in [0.2, 0.25) is 0 Å². The van der Waals surface area contributed by atoms with Gasteiger partial charge in [0.15, 0.2) is 0 Å². The second kappa shape index (κ2) is 6.05. The van der Waals surface area contributed by atoms with E-state index in [9.17, 15) is 9.59 Å². The maximum Gasteiger partial charge on any atom is 0.323 e. The lowest BCUT2D eigenvalue weighted by Gasteiger charge is -2.25. The fraction of sp³-hybridized carbons (Fsp3) is 0.467. The molecule has 0 spiro atoms. The van der Waals surface area contributed by atoms with Gasteiger partial charge in [0.25, 0.3) is 5.91 Å². The highest BCUT2D eigenvalue weighted by Gasteiger charge is 2.38. The maximum absolute atomic E-state index is 12.6. The average Bonchev–Trinajstić information content (AvgIpc) is 2.75. The predicted octanol–water partition coefficient (Wildman–Crippen LogP) is 1.92.